The van der Waals surface area contributed by atoms with Crippen LogP contribution < -0.4 is 0 Å². The van der Waals surface area contributed by atoms with E-state index in [4.69, 9.17) is 0 Å². The molecule has 0 heterocycles. The first kappa shape index (κ1) is 10.3. The van der Waals surface area contributed by atoms with Gasteiger partial charge in [-0.05, 0) is 47.0 Å². The molecule has 0 unspecified atom stereocenters. The Kier molecular flexibility index (Phi) is 3.09. The Balaban J connectivity index is 3.33. The molecule has 0 spiro atoms. The average Bonchev–Trinajstić information content (AvgIpc) is 2.12. The van der Waals surface area contributed by atoms with Crippen molar-refractivity contribution in [1.82, 2.24) is 0 Å². The second-order valence-electron chi connectivity index (χ2n) is 2.86. The monoisotopic (exact) mass is 242 g/mol. The summed E-state index contributed by atoms with van der Waals surface area (Å²) in [5.74, 6) is -0.298. The largest absolute Gasteiger partial charge is 0.465 e. The lowest BCUT2D eigenvalue weighted by Crippen LogP contribution is -2.05. The van der Waals surface area contributed by atoms with Crippen molar-refractivity contribution in [2.24, 2.45) is 0 Å². The third-order valence-corrected chi connectivity index (χ3v) is 2.74. The van der Waals surface area contributed by atoms with Crippen molar-refractivity contribution in [2.75, 3.05) is 7.11 Å². The van der Waals surface area contributed by atoms with Crippen LogP contribution in [0.15, 0.2) is 16.6 Å². The number of carbonyl (C=O) groups is 1. The van der Waals surface area contributed by atoms with Gasteiger partial charge in [-0.25, -0.2) is 4.79 Å². The van der Waals surface area contributed by atoms with E-state index in [1.807, 2.05) is 26.0 Å². The van der Waals surface area contributed by atoms with E-state index in [1.54, 1.807) is 0 Å². The molecule has 0 saturated carbocycles. The highest BCUT2D eigenvalue weighted by atomic mass is 79.9. The van der Waals surface area contributed by atoms with Gasteiger partial charge in [-0.15, -0.1) is 0 Å². The van der Waals surface area contributed by atoms with Crippen molar-refractivity contribution in [1.29, 1.82) is 0 Å². The van der Waals surface area contributed by atoms with E-state index in [2.05, 4.69) is 20.7 Å². The maximum absolute atomic E-state index is 11.4. The van der Waals surface area contributed by atoms with Gasteiger partial charge in [0.2, 0.25) is 0 Å². The normalized spacial score (nSPS) is 9.85. The van der Waals surface area contributed by atoms with Crippen LogP contribution in [0.1, 0.15) is 21.5 Å². The van der Waals surface area contributed by atoms with Crippen LogP contribution in [-0.2, 0) is 4.74 Å². The maximum atomic E-state index is 11.4. The van der Waals surface area contributed by atoms with E-state index in [9.17, 15) is 4.79 Å². The highest BCUT2D eigenvalue weighted by Crippen LogP contribution is 2.23. The van der Waals surface area contributed by atoms with Crippen LogP contribution in [0.5, 0.6) is 0 Å². The number of hydrogen-bond acceptors (Lipinski definition) is 2. The lowest BCUT2D eigenvalue weighted by molar-refractivity contribution is 0.0598. The molecule has 0 N–H and O–H groups in total. The first-order valence-corrected chi connectivity index (χ1v) is 4.71. The zero-order valence-electron chi connectivity index (χ0n) is 7.85. The summed E-state index contributed by atoms with van der Waals surface area (Å²) in [5.41, 5.74) is 2.66. The van der Waals surface area contributed by atoms with Crippen molar-refractivity contribution >= 4 is 21.9 Å². The van der Waals surface area contributed by atoms with Crippen molar-refractivity contribution in [3.8, 4) is 0 Å². The highest BCUT2D eigenvalue weighted by Gasteiger charge is 2.14. The number of aryl methyl sites for hydroxylation is 1. The third-order valence-electron chi connectivity index (χ3n) is 2.07. The quantitative estimate of drug-likeness (QED) is 0.709. The van der Waals surface area contributed by atoms with E-state index in [0.29, 0.717) is 5.56 Å². The van der Waals surface area contributed by atoms with E-state index in [-0.39, 0.29) is 5.97 Å². The molecule has 2 nitrogen and oxygen atoms in total. The fraction of sp³-hybridized carbons (Fsp3) is 0.300. The van der Waals surface area contributed by atoms with E-state index in [1.165, 1.54) is 7.11 Å². The molecule has 0 atom stereocenters. The van der Waals surface area contributed by atoms with E-state index >= 15 is 0 Å². The van der Waals surface area contributed by atoms with Gasteiger partial charge in [-0.2, -0.15) is 0 Å². The Morgan fingerprint density at radius 3 is 2.54 bits per heavy atom. The molecule has 3 heteroatoms. The van der Waals surface area contributed by atoms with Gasteiger partial charge in [-0.3, -0.25) is 0 Å². The topological polar surface area (TPSA) is 26.3 Å². The summed E-state index contributed by atoms with van der Waals surface area (Å²) in [6.07, 6.45) is 0. The minimum absolute atomic E-state index is 0.298. The van der Waals surface area contributed by atoms with Gasteiger partial charge < -0.3 is 4.74 Å². The number of ether oxygens (including phenoxy) is 1. The van der Waals surface area contributed by atoms with Crippen LogP contribution in [0, 0.1) is 13.8 Å². The molecule has 0 aliphatic heterocycles. The van der Waals surface area contributed by atoms with Crippen LogP contribution in [0.3, 0.4) is 0 Å². The average molecular weight is 243 g/mol. The van der Waals surface area contributed by atoms with Gasteiger partial charge in [0.1, 0.15) is 0 Å². The number of halogens is 1. The summed E-state index contributed by atoms with van der Waals surface area (Å²) in [6.45, 7) is 3.88. The molecule has 0 saturated heterocycles. The fourth-order valence-corrected chi connectivity index (χ4v) is 1.73. The lowest BCUT2D eigenvalue weighted by atomic mass is 10.0. The number of carbonyl (C=O) groups excluding carboxylic acids is 1. The van der Waals surface area contributed by atoms with Crippen molar-refractivity contribution in [2.45, 2.75) is 13.8 Å². The minimum atomic E-state index is -0.298. The molecule has 0 aromatic heterocycles. The lowest BCUT2D eigenvalue weighted by Gasteiger charge is -2.08. The summed E-state index contributed by atoms with van der Waals surface area (Å²) < 4.78 is 5.46. The number of hydrogen-bond donors (Lipinski definition) is 0. The molecule has 0 bridgehead atoms. The van der Waals surface area contributed by atoms with Crippen LogP contribution in [0.4, 0.5) is 0 Å². The molecular formula is C10H11BrO2. The summed E-state index contributed by atoms with van der Waals surface area (Å²) in [5, 5.41) is 0. The molecule has 0 radical (unpaired) electrons. The standard InChI is InChI=1S/C10H11BrO2/c1-6-4-5-8(11)9(7(6)2)10(12)13-3/h4-5H,1-3H3. The van der Waals surface area contributed by atoms with Crippen LogP contribution in [0.25, 0.3) is 0 Å². The Morgan fingerprint density at radius 1 is 1.38 bits per heavy atom. The Labute approximate surface area is 86.0 Å². The molecule has 1 aromatic carbocycles. The molecule has 0 amide bonds. The molecular weight excluding hydrogens is 232 g/mol. The van der Waals surface area contributed by atoms with Crippen LogP contribution >= 0.6 is 15.9 Å². The zero-order chi connectivity index (χ0) is 10.0. The third kappa shape index (κ3) is 1.91. The first-order chi connectivity index (χ1) is 6.07. The molecule has 0 aliphatic rings. The van der Waals surface area contributed by atoms with Gasteiger partial charge in [0, 0.05) is 4.47 Å². The highest BCUT2D eigenvalue weighted by molar-refractivity contribution is 9.10. The molecule has 0 aliphatic carbocycles. The Morgan fingerprint density at radius 2 is 2.00 bits per heavy atom. The first-order valence-electron chi connectivity index (χ1n) is 3.92. The fourth-order valence-electron chi connectivity index (χ4n) is 1.14. The predicted molar refractivity (Wildman–Crippen MR) is 55.0 cm³/mol. The van der Waals surface area contributed by atoms with Crippen molar-refractivity contribution < 1.29 is 9.53 Å². The minimum Gasteiger partial charge on any atom is -0.465 e. The second-order valence-corrected chi connectivity index (χ2v) is 3.71. The van der Waals surface area contributed by atoms with E-state index < -0.39 is 0 Å². The van der Waals surface area contributed by atoms with Gasteiger partial charge >= 0.3 is 5.97 Å². The second kappa shape index (κ2) is 3.92. The maximum Gasteiger partial charge on any atom is 0.339 e. The van der Waals surface area contributed by atoms with E-state index in [0.717, 1.165) is 15.6 Å². The molecule has 70 valence electrons. The van der Waals surface area contributed by atoms with Gasteiger partial charge in [0.05, 0.1) is 12.7 Å². The van der Waals surface area contributed by atoms with Gasteiger partial charge in [-0.1, -0.05) is 6.07 Å². The van der Waals surface area contributed by atoms with Crippen LogP contribution in [-0.4, -0.2) is 13.1 Å². The Hall–Kier alpha value is -0.830. The van der Waals surface area contributed by atoms with Crippen molar-refractivity contribution in [3.05, 3.63) is 33.3 Å². The van der Waals surface area contributed by atoms with Gasteiger partial charge in [0.15, 0.2) is 0 Å². The Bertz CT molecular complexity index is 345. The molecule has 1 rings (SSSR count). The summed E-state index contributed by atoms with van der Waals surface area (Å²) in [4.78, 5) is 11.4. The smallest absolute Gasteiger partial charge is 0.339 e. The molecule has 1 aromatic rings. The summed E-state index contributed by atoms with van der Waals surface area (Å²) >= 11 is 3.32. The summed E-state index contributed by atoms with van der Waals surface area (Å²) in [6, 6.07) is 3.82. The van der Waals surface area contributed by atoms with Crippen molar-refractivity contribution in [3.63, 3.8) is 0 Å². The molecule has 13 heavy (non-hydrogen) atoms. The number of esters is 1. The molecule has 0 fully saturated rings. The number of methoxy groups -OCH3 is 1. The zero-order valence-corrected chi connectivity index (χ0v) is 9.44. The van der Waals surface area contributed by atoms with Crippen LogP contribution in [0.2, 0.25) is 0 Å². The SMILES string of the molecule is COC(=O)c1c(Br)ccc(C)c1C. The number of benzene rings is 1. The predicted octanol–water partition coefficient (Wildman–Crippen LogP) is 2.85. The number of rotatable bonds is 1. The summed E-state index contributed by atoms with van der Waals surface area (Å²) in [7, 11) is 1.39. The van der Waals surface area contributed by atoms with Gasteiger partial charge in [0.25, 0.3) is 0 Å².